The van der Waals surface area contributed by atoms with Gasteiger partial charge in [-0.3, -0.25) is 14.8 Å². The maximum Gasteiger partial charge on any atom is 0.248 e. The standard InChI is InChI=1S/C9H13N7O/c1-15-4-6(3-12-15)7(10)8(17)14-9-11-5-13-16(9)2/h3-5,7H,10H2,1-2H3,(H,11,13,14,17). The maximum absolute atomic E-state index is 11.8. The Hall–Kier alpha value is -2.22. The van der Waals surface area contributed by atoms with Gasteiger partial charge in [0.1, 0.15) is 12.4 Å². The van der Waals surface area contributed by atoms with E-state index in [0.29, 0.717) is 11.5 Å². The van der Waals surface area contributed by atoms with Crippen molar-refractivity contribution in [2.75, 3.05) is 5.32 Å². The molecule has 8 heteroatoms. The lowest BCUT2D eigenvalue weighted by Crippen LogP contribution is -2.28. The normalized spacial score (nSPS) is 12.4. The van der Waals surface area contributed by atoms with Crippen molar-refractivity contribution in [1.82, 2.24) is 24.5 Å². The van der Waals surface area contributed by atoms with Crippen molar-refractivity contribution in [3.05, 3.63) is 24.3 Å². The summed E-state index contributed by atoms with van der Waals surface area (Å²) in [6.07, 6.45) is 4.60. The van der Waals surface area contributed by atoms with E-state index in [1.54, 1.807) is 31.2 Å². The molecule has 1 unspecified atom stereocenters. The maximum atomic E-state index is 11.8. The third-order valence-electron chi connectivity index (χ3n) is 2.31. The number of amides is 1. The van der Waals surface area contributed by atoms with Gasteiger partial charge in [-0.15, -0.1) is 0 Å². The van der Waals surface area contributed by atoms with Crippen LogP contribution in [-0.2, 0) is 18.9 Å². The molecule has 0 bridgehead atoms. The molecule has 2 heterocycles. The van der Waals surface area contributed by atoms with Crippen molar-refractivity contribution in [2.24, 2.45) is 19.8 Å². The van der Waals surface area contributed by atoms with Crippen molar-refractivity contribution < 1.29 is 4.79 Å². The molecule has 0 saturated heterocycles. The van der Waals surface area contributed by atoms with Crippen LogP contribution in [-0.4, -0.2) is 30.5 Å². The number of nitrogens with one attached hydrogen (secondary N) is 1. The van der Waals surface area contributed by atoms with Crippen molar-refractivity contribution in [3.63, 3.8) is 0 Å². The zero-order chi connectivity index (χ0) is 12.4. The second kappa shape index (κ2) is 4.34. The van der Waals surface area contributed by atoms with E-state index >= 15 is 0 Å². The molecule has 1 atom stereocenters. The van der Waals surface area contributed by atoms with Crippen molar-refractivity contribution in [3.8, 4) is 0 Å². The van der Waals surface area contributed by atoms with E-state index in [0.717, 1.165) is 0 Å². The van der Waals surface area contributed by atoms with Crippen LogP contribution in [0, 0.1) is 0 Å². The smallest absolute Gasteiger partial charge is 0.248 e. The van der Waals surface area contributed by atoms with Crippen molar-refractivity contribution in [2.45, 2.75) is 6.04 Å². The van der Waals surface area contributed by atoms with E-state index in [4.69, 9.17) is 5.73 Å². The minimum atomic E-state index is -0.777. The van der Waals surface area contributed by atoms with Gasteiger partial charge in [0.25, 0.3) is 0 Å². The van der Waals surface area contributed by atoms with Crippen LogP contribution in [0.25, 0.3) is 0 Å². The molecule has 0 aliphatic rings. The van der Waals surface area contributed by atoms with Crippen LogP contribution in [0.4, 0.5) is 5.95 Å². The molecule has 0 spiro atoms. The van der Waals surface area contributed by atoms with Gasteiger partial charge in [-0.05, 0) is 0 Å². The Morgan fingerprint density at radius 3 is 2.76 bits per heavy atom. The number of rotatable bonds is 3. The highest BCUT2D eigenvalue weighted by Crippen LogP contribution is 2.10. The number of hydrogen-bond acceptors (Lipinski definition) is 5. The van der Waals surface area contributed by atoms with E-state index < -0.39 is 6.04 Å². The third-order valence-corrected chi connectivity index (χ3v) is 2.31. The summed E-state index contributed by atoms with van der Waals surface area (Å²) in [7, 11) is 3.44. The first-order valence-corrected chi connectivity index (χ1v) is 4.97. The SMILES string of the molecule is Cn1cc(C(N)C(=O)Nc2ncnn2C)cn1. The van der Waals surface area contributed by atoms with E-state index in [2.05, 4.69) is 20.5 Å². The summed E-state index contributed by atoms with van der Waals surface area (Å²) in [5.41, 5.74) is 6.44. The number of carbonyl (C=O) groups excluding carboxylic acids is 1. The Morgan fingerprint density at radius 1 is 1.47 bits per heavy atom. The highest BCUT2D eigenvalue weighted by Gasteiger charge is 2.18. The van der Waals surface area contributed by atoms with Gasteiger partial charge in [0.2, 0.25) is 11.9 Å². The molecule has 1 amide bonds. The van der Waals surface area contributed by atoms with Crippen LogP contribution >= 0.6 is 0 Å². The fourth-order valence-corrected chi connectivity index (χ4v) is 1.35. The number of anilines is 1. The number of aryl methyl sites for hydroxylation is 2. The minimum Gasteiger partial charge on any atom is -0.316 e. The Kier molecular flexibility index (Phi) is 2.88. The van der Waals surface area contributed by atoms with Crippen LogP contribution < -0.4 is 11.1 Å². The quantitative estimate of drug-likeness (QED) is 0.724. The summed E-state index contributed by atoms with van der Waals surface area (Å²) in [6, 6.07) is -0.777. The summed E-state index contributed by atoms with van der Waals surface area (Å²) in [6.45, 7) is 0. The average molecular weight is 235 g/mol. The van der Waals surface area contributed by atoms with E-state index in [-0.39, 0.29) is 5.91 Å². The van der Waals surface area contributed by atoms with Crippen LogP contribution in [0.1, 0.15) is 11.6 Å². The van der Waals surface area contributed by atoms with Gasteiger partial charge >= 0.3 is 0 Å². The van der Waals surface area contributed by atoms with Crippen LogP contribution in [0.5, 0.6) is 0 Å². The van der Waals surface area contributed by atoms with Crippen LogP contribution in [0.15, 0.2) is 18.7 Å². The summed E-state index contributed by atoms with van der Waals surface area (Å²) < 4.78 is 3.04. The molecule has 0 fully saturated rings. The Bertz CT molecular complexity index is 529. The molecule has 0 aliphatic carbocycles. The van der Waals surface area contributed by atoms with Gasteiger partial charge in [0.05, 0.1) is 6.20 Å². The fourth-order valence-electron chi connectivity index (χ4n) is 1.35. The lowest BCUT2D eigenvalue weighted by molar-refractivity contribution is -0.117. The van der Waals surface area contributed by atoms with Crippen LogP contribution in [0.2, 0.25) is 0 Å². The highest BCUT2D eigenvalue weighted by molar-refractivity contribution is 5.93. The molecule has 2 aromatic rings. The highest BCUT2D eigenvalue weighted by atomic mass is 16.2. The Morgan fingerprint density at radius 2 is 2.24 bits per heavy atom. The zero-order valence-corrected chi connectivity index (χ0v) is 9.53. The molecule has 0 aliphatic heterocycles. The average Bonchev–Trinajstić information content (AvgIpc) is 2.88. The van der Waals surface area contributed by atoms with Gasteiger partial charge < -0.3 is 5.73 Å². The van der Waals surface area contributed by atoms with Gasteiger partial charge in [-0.25, -0.2) is 4.68 Å². The largest absolute Gasteiger partial charge is 0.316 e. The molecular formula is C9H13N7O. The number of carbonyl (C=O) groups is 1. The molecule has 2 rings (SSSR count). The van der Waals surface area contributed by atoms with Gasteiger partial charge in [-0.1, -0.05) is 0 Å². The molecule has 2 aromatic heterocycles. The second-order valence-electron chi connectivity index (χ2n) is 3.62. The first-order chi connectivity index (χ1) is 8.08. The minimum absolute atomic E-state index is 0.353. The van der Waals surface area contributed by atoms with Crippen molar-refractivity contribution >= 4 is 11.9 Å². The predicted molar refractivity (Wildman–Crippen MR) is 59.8 cm³/mol. The lowest BCUT2D eigenvalue weighted by Gasteiger charge is -2.09. The van der Waals surface area contributed by atoms with Crippen molar-refractivity contribution in [1.29, 1.82) is 0 Å². The number of nitrogens with two attached hydrogens (primary N) is 1. The van der Waals surface area contributed by atoms with Gasteiger partial charge in [0, 0.05) is 25.9 Å². The van der Waals surface area contributed by atoms with Gasteiger partial charge in [0.15, 0.2) is 0 Å². The number of aromatic nitrogens is 5. The summed E-state index contributed by atoms with van der Waals surface area (Å²) in [4.78, 5) is 15.7. The molecule has 90 valence electrons. The van der Waals surface area contributed by atoms with Gasteiger partial charge in [-0.2, -0.15) is 15.2 Å². The summed E-state index contributed by atoms with van der Waals surface area (Å²) >= 11 is 0. The van der Waals surface area contributed by atoms with Crippen LogP contribution in [0.3, 0.4) is 0 Å². The summed E-state index contributed by atoms with van der Waals surface area (Å²) in [5, 5.41) is 10.4. The van der Waals surface area contributed by atoms with E-state index in [9.17, 15) is 4.79 Å². The Labute approximate surface area is 97.4 Å². The molecule has 3 N–H and O–H groups in total. The third kappa shape index (κ3) is 2.31. The topological polar surface area (TPSA) is 104 Å². The molecule has 0 radical (unpaired) electrons. The summed E-state index contributed by atoms with van der Waals surface area (Å²) in [5.74, 6) is 0.00319. The fraction of sp³-hybridized carbons (Fsp3) is 0.333. The monoisotopic (exact) mass is 235 g/mol. The zero-order valence-electron chi connectivity index (χ0n) is 9.53. The number of hydrogen-bond donors (Lipinski definition) is 2. The van der Waals surface area contributed by atoms with E-state index in [1.807, 2.05) is 0 Å². The Balaban J connectivity index is 2.08. The molecule has 8 nitrogen and oxygen atoms in total. The van der Waals surface area contributed by atoms with E-state index in [1.165, 1.54) is 11.0 Å². The molecule has 0 aromatic carbocycles. The molecule has 0 saturated carbocycles. The number of nitrogens with zero attached hydrogens (tertiary/aromatic N) is 5. The predicted octanol–water partition coefficient (Wildman–Crippen LogP) is -0.813. The second-order valence-corrected chi connectivity index (χ2v) is 3.62. The molecule has 17 heavy (non-hydrogen) atoms. The first kappa shape index (κ1) is 11.3. The molecular weight excluding hydrogens is 222 g/mol. The first-order valence-electron chi connectivity index (χ1n) is 4.97. The lowest BCUT2D eigenvalue weighted by atomic mass is 10.1.